The molecule has 0 aromatic rings. The molecule has 0 bridgehead atoms. The SMILES string of the molecule is [CH2]COCCOC1CCCCO1. The standard InChI is InChI=1S/C9H17O3/c1-2-10-7-8-12-9-5-3-4-6-11-9/h9H,1-8H2. The van der Waals surface area contributed by atoms with Crippen molar-refractivity contribution in [1.29, 1.82) is 0 Å². The number of ether oxygens (including phenoxy) is 3. The molecular formula is C9H17O3. The summed E-state index contributed by atoms with van der Waals surface area (Å²) in [6.07, 6.45) is 3.40. The van der Waals surface area contributed by atoms with E-state index in [1.165, 1.54) is 6.42 Å². The first-order valence-corrected chi connectivity index (χ1v) is 4.53. The van der Waals surface area contributed by atoms with E-state index < -0.39 is 0 Å². The van der Waals surface area contributed by atoms with E-state index in [0.29, 0.717) is 19.8 Å². The van der Waals surface area contributed by atoms with Crippen LogP contribution in [0.2, 0.25) is 0 Å². The molecule has 3 nitrogen and oxygen atoms in total. The molecule has 3 heteroatoms. The van der Waals surface area contributed by atoms with Gasteiger partial charge in [-0.05, 0) is 26.2 Å². The summed E-state index contributed by atoms with van der Waals surface area (Å²) in [5, 5.41) is 0. The molecule has 1 unspecified atom stereocenters. The highest BCUT2D eigenvalue weighted by Crippen LogP contribution is 2.13. The summed E-state index contributed by atoms with van der Waals surface area (Å²) >= 11 is 0. The maximum absolute atomic E-state index is 5.41. The Balaban J connectivity index is 1.91. The number of hydrogen-bond acceptors (Lipinski definition) is 3. The quantitative estimate of drug-likeness (QED) is 0.588. The number of hydrogen-bond donors (Lipinski definition) is 0. The van der Waals surface area contributed by atoms with Crippen LogP contribution in [0.3, 0.4) is 0 Å². The Labute approximate surface area is 74.0 Å². The average Bonchev–Trinajstić information content (AvgIpc) is 2.14. The van der Waals surface area contributed by atoms with Gasteiger partial charge in [-0.2, -0.15) is 0 Å². The van der Waals surface area contributed by atoms with Crippen molar-refractivity contribution >= 4 is 0 Å². The second kappa shape index (κ2) is 6.40. The smallest absolute Gasteiger partial charge is 0.157 e. The second-order valence-corrected chi connectivity index (χ2v) is 2.78. The molecule has 12 heavy (non-hydrogen) atoms. The van der Waals surface area contributed by atoms with Crippen molar-refractivity contribution in [2.45, 2.75) is 25.6 Å². The molecule has 0 aromatic heterocycles. The van der Waals surface area contributed by atoms with E-state index in [4.69, 9.17) is 14.2 Å². The summed E-state index contributed by atoms with van der Waals surface area (Å²) in [6, 6.07) is 0. The van der Waals surface area contributed by atoms with Gasteiger partial charge in [0.05, 0.1) is 13.2 Å². The maximum atomic E-state index is 5.41. The third-order valence-electron chi connectivity index (χ3n) is 1.81. The van der Waals surface area contributed by atoms with Gasteiger partial charge in [0, 0.05) is 13.2 Å². The van der Waals surface area contributed by atoms with Gasteiger partial charge in [0.15, 0.2) is 6.29 Å². The molecule has 1 saturated heterocycles. The van der Waals surface area contributed by atoms with Crippen molar-refractivity contribution < 1.29 is 14.2 Å². The van der Waals surface area contributed by atoms with E-state index in [0.717, 1.165) is 19.4 Å². The zero-order valence-electron chi connectivity index (χ0n) is 7.46. The average molecular weight is 173 g/mol. The van der Waals surface area contributed by atoms with E-state index in [1.807, 2.05) is 0 Å². The van der Waals surface area contributed by atoms with Crippen LogP contribution < -0.4 is 0 Å². The highest BCUT2D eigenvalue weighted by Gasteiger charge is 2.12. The molecule has 1 aliphatic heterocycles. The van der Waals surface area contributed by atoms with Crippen LogP contribution in [0.1, 0.15) is 19.3 Å². The molecule has 71 valence electrons. The Bertz CT molecular complexity index is 99.9. The van der Waals surface area contributed by atoms with Crippen molar-refractivity contribution in [3.8, 4) is 0 Å². The highest BCUT2D eigenvalue weighted by molar-refractivity contribution is 4.53. The lowest BCUT2D eigenvalue weighted by Gasteiger charge is -2.22. The van der Waals surface area contributed by atoms with Gasteiger partial charge in [-0.1, -0.05) is 0 Å². The van der Waals surface area contributed by atoms with Crippen LogP contribution in [0.15, 0.2) is 0 Å². The molecule has 0 aliphatic carbocycles. The van der Waals surface area contributed by atoms with E-state index in [1.54, 1.807) is 0 Å². The topological polar surface area (TPSA) is 27.7 Å². The lowest BCUT2D eigenvalue weighted by atomic mass is 10.2. The monoisotopic (exact) mass is 173 g/mol. The summed E-state index contributed by atoms with van der Waals surface area (Å²) in [4.78, 5) is 0. The molecule has 1 rings (SSSR count). The molecule has 1 aliphatic rings. The van der Waals surface area contributed by atoms with Crippen LogP contribution >= 0.6 is 0 Å². The molecule has 1 heterocycles. The van der Waals surface area contributed by atoms with Gasteiger partial charge in [0.1, 0.15) is 0 Å². The Morgan fingerprint density at radius 3 is 2.92 bits per heavy atom. The van der Waals surface area contributed by atoms with E-state index in [2.05, 4.69) is 6.92 Å². The van der Waals surface area contributed by atoms with Gasteiger partial charge in [0.2, 0.25) is 0 Å². The highest BCUT2D eigenvalue weighted by atomic mass is 16.7. The normalized spacial score (nSPS) is 24.2. The minimum absolute atomic E-state index is 0.00663. The lowest BCUT2D eigenvalue weighted by molar-refractivity contribution is -0.168. The van der Waals surface area contributed by atoms with Crippen LogP contribution in [-0.2, 0) is 14.2 Å². The lowest BCUT2D eigenvalue weighted by Crippen LogP contribution is -2.23. The first kappa shape index (κ1) is 9.96. The third kappa shape index (κ3) is 4.04. The zero-order valence-corrected chi connectivity index (χ0v) is 7.46. The predicted octanol–water partition coefficient (Wildman–Crippen LogP) is 1.38. The van der Waals surface area contributed by atoms with Crippen LogP contribution in [0.4, 0.5) is 0 Å². The van der Waals surface area contributed by atoms with Crippen molar-refractivity contribution in [3.05, 3.63) is 6.92 Å². The van der Waals surface area contributed by atoms with E-state index in [9.17, 15) is 0 Å². The van der Waals surface area contributed by atoms with Gasteiger partial charge in [0.25, 0.3) is 0 Å². The largest absolute Gasteiger partial charge is 0.379 e. The molecule has 0 spiro atoms. The molecular weight excluding hydrogens is 156 g/mol. The molecule has 0 saturated carbocycles. The third-order valence-corrected chi connectivity index (χ3v) is 1.81. The predicted molar refractivity (Wildman–Crippen MR) is 45.7 cm³/mol. The summed E-state index contributed by atoms with van der Waals surface area (Å²) in [5.74, 6) is 0. The van der Waals surface area contributed by atoms with Gasteiger partial charge >= 0.3 is 0 Å². The van der Waals surface area contributed by atoms with E-state index >= 15 is 0 Å². The van der Waals surface area contributed by atoms with Crippen LogP contribution in [0.5, 0.6) is 0 Å². The van der Waals surface area contributed by atoms with Crippen molar-refractivity contribution in [1.82, 2.24) is 0 Å². The van der Waals surface area contributed by atoms with Crippen LogP contribution in [-0.4, -0.2) is 32.7 Å². The Morgan fingerprint density at radius 1 is 1.33 bits per heavy atom. The minimum Gasteiger partial charge on any atom is -0.379 e. The first-order chi connectivity index (χ1) is 5.93. The van der Waals surface area contributed by atoms with Crippen LogP contribution in [0.25, 0.3) is 0 Å². The molecule has 1 radical (unpaired) electrons. The van der Waals surface area contributed by atoms with Crippen molar-refractivity contribution in [2.75, 3.05) is 26.4 Å². The maximum Gasteiger partial charge on any atom is 0.157 e. The van der Waals surface area contributed by atoms with Crippen molar-refractivity contribution in [2.24, 2.45) is 0 Å². The molecule has 0 aromatic carbocycles. The Hall–Kier alpha value is -0.120. The van der Waals surface area contributed by atoms with Crippen LogP contribution in [0, 0.1) is 6.92 Å². The van der Waals surface area contributed by atoms with Gasteiger partial charge in [-0.15, -0.1) is 0 Å². The summed E-state index contributed by atoms with van der Waals surface area (Å²) in [7, 11) is 0. The second-order valence-electron chi connectivity index (χ2n) is 2.78. The summed E-state index contributed by atoms with van der Waals surface area (Å²) in [5.41, 5.74) is 0. The molecule has 0 amide bonds. The minimum atomic E-state index is 0.00663. The molecule has 1 fully saturated rings. The first-order valence-electron chi connectivity index (χ1n) is 4.53. The summed E-state index contributed by atoms with van der Waals surface area (Å²) in [6.45, 7) is 6.13. The van der Waals surface area contributed by atoms with Crippen molar-refractivity contribution in [3.63, 3.8) is 0 Å². The zero-order chi connectivity index (χ0) is 8.65. The molecule has 0 N–H and O–H groups in total. The van der Waals surface area contributed by atoms with E-state index in [-0.39, 0.29) is 6.29 Å². The molecule has 1 atom stereocenters. The van der Waals surface area contributed by atoms with Gasteiger partial charge in [-0.25, -0.2) is 0 Å². The Morgan fingerprint density at radius 2 is 2.25 bits per heavy atom. The fourth-order valence-electron chi connectivity index (χ4n) is 1.18. The Kier molecular flexibility index (Phi) is 5.32. The fraction of sp³-hybridized carbons (Fsp3) is 0.889. The van der Waals surface area contributed by atoms with Gasteiger partial charge in [-0.3, -0.25) is 0 Å². The van der Waals surface area contributed by atoms with Gasteiger partial charge < -0.3 is 14.2 Å². The summed E-state index contributed by atoms with van der Waals surface area (Å²) < 4.78 is 15.8. The fourth-order valence-corrected chi connectivity index (χ4v) is 1.18. The number of rotatable bonds is 5.